The summed E-state index contributed by atoms with van der Waals surface area (Å²) in [5, 5.41) is 16.6. The summed E-state index contributed by atoms with van der Waals surface area (Å²) in [4.78, 5) is 58.8. The zero-order chi connectivity index (χ0) is 32.8. The first-order chi connectivity index (χ1) is 21.3. The van der Waals surface area contributed by atoms with Crippen LogP contribution in [-0.2, 0) is 30.3 Å². The number of H-pyrrole nitrogens is 1. The number of hydrogen-bond donors (Lipinski definition) is 4. The van der Waals surface area contributed by atoms with Gasteiger partial charge in [0.2, 0.25) is 17.7 Å². The molecule has 10 heteroatoms. The number of aromatic hydroxyl groups is 1. The summed E-state index contributed by atoms with van der Waals surface area (Å²) in [5.41, 5.74) is 3.30. The van der Waals surface area contributed by atoms with Gasteiger partial charge in [-0.1, -0.05) is 55.8 Å². The Morgan fingerprint density at radius 1 is 0.911 bits per heavy atom. The molecule has 45 heavy (non-hydrogen) atoms. The highest BCUT2D eigenvalue weighted by Crippen LogP contribution is 2.25. The molecule has 1 aromatic heterocycles. The molecule has 0 bridgehead atoms. The maximum atomic E-state index is 14.1. The van der Waals surface area contributed by atoms with Crippen LogP contribution in [0.5, 0.6) is 5.75 Å². The number of nitrogens with zero attached hydrogens (tertiary/aromatic N) is 1. The lowest BCUT2D eigenvalue weighted by Crippen LogP contribution is -2.55. The van der Waals surface area contributed by atoms with Crippen LogP contribution < -0.4 is 10.6 Å². The van der Waals surface area contributed by atoms with Gasteiger partial charge in [-0.3, -0.25) is 19.2 Å². The summed E-state index contributed by atoms with van der Waals surface area (Å²) in [6, 6.07) is 11.3. The van der Waals surface area contributed by atoms with E-state index in [0.717, 1.165) is 22.0 Å². The Morgan fingerprint density at radius 3 is 2.31 bits per heavy atom. The van der Waals surface area contributed by atoms with Crippen molar-refractivity contribution in [1.29, 1.82) is 0 Å². The molecule has 1 aliphatic rings. The number of phenols is 1. The SMILES string of the molecule is C/C1=C/[C@H](C)[C@@H](C)OC(=O)C[C@H](c2ccc(O)cc2)NC(=O)[C@H](Cc2c[nH]c3ccccc23)N(C)C(=O)[C@@H](C)NC(=O)[C@@H](C)C1. The maximum Gasteiger partial charge on any atom is 0.308 e. The molecular weight excluding hydrogens is 572 g/mol. The zero-order valence-corrected chi connectivity index (χ0v) is 26.8. The normalized spacial score (nSPS) is 27.5. The van der Waals surface area contributed by atoms with E-state index in [2.05, 4.69) is 15.6 Å². The zero-order valence-electron chi connectivity index (χ0n) is 26.8. The number of carbonyl (C=O) groups excluding carboxylic acids is 4. The highest BCUT2D eigenvalue weighted by Gasteiger charge is 2.34. The van der Waals surface area contributed by atoms with Crippen LogP contribution in [0.4, 0.5) is 0 Å². The van der Waals surface area contributed by atoms with Gasteiger partial charge in [0.1, 0.15) is 23.9 Å². The van der Waals surface area contributed by atoms with Crippen molar-refractivity contribution >= 4 is 34.6 Å². The number of para-hydroxylation sites is 1. The lowest BCUT2D eigenvalue weighted by Gasteiger charge is -2.32. The van der Waals surface area contributed by atoms with Crippen molar-refractivity contribution < 1.29 is 29.0 Å². The second kappa shape index (κ2) is 14.5. The average Bonchev–Trinajstić information content (AvgIpc) is 3.41. The van der Waals surface area contributed by atoms with Crippen LogP contribution in [0, 0.1) is 11.8 Å². The Hall–Kier alpha value is -4.60. The van der Waals surface area contributed by atoms with Gasteiger partial charge >= 0.3 is 5.97 Å². The van der Waals surface area contributed by atoms with Crippen LogP contribution in [0.15, 0.2) is 66.4 Å². The van der Waals surface area contributed by atoms with E-state index in [-0.39, 0.29) is 30.4 Å². The fourth-order valence-corrected chi connectivity index (χ4v) is 5.77. The number of nitrogens with one attached hydrogen (secondary N) is 3. The molecule has 4 N–H and O–H groups in total. The maximum absolute atomic E-state index is 14.1. The topological polar surface area (TPSA) is 141 Å². The van der Waals surface area contributed by atoms with Crippen molar-refractivity contribution in [1.82, 2.24) is 20.5 Å². The number of likely N-dealkylation sites (N-methyl/N-ethyl adjacent to an activating group) is 1. The molecule has 6 atom stereocenters. The Labute approximate surface area is 264 Å². The molecule has 0 radical (unpaired) electrons. The Bertz CT molecular complexity index is 1560. The van der Waals surface area contributed by atoms with E-state index in [1.165, 1.54) is 17.0 Å². The third-order valence-corrected chi connectivity index (χ3v) is 8.60. The van der Waals surface area contributed by atoms with Gasteiger partial charge in [-0.15, -0.1) is 0 Å². The van der Waals surface area contributed by atoms with Gasteiger partial charge in [0.25, 0.3) is 0 Å². The number of phenolic OH excluding ortho intramolecular Hbond substituents is 1. The number of esters is 1. The smallest absolute Gasteiger partial charge is 0.308 e. The monoisotopic (exact) mass is 616 g/mol. The number of fused-ring (bicyclic) bond motifs is 1. The molecule has 2 heterocycles. The van der Waals surface area contributed by atoms with Crippen LogP contribution in [-0.4, -0.2) is 63.9 Å². The second-order valence-electron chi connectivity index (χ2n) is 12.3. The molecule has 240 valence electrons. The van der Waals surface area contributed by atoms with Gasteiger partial charge < -0.3 is 30.4 Å². The molecule has 3 aromatic rings. The van der Waals surface area contributed by atoms with Crippen molar-refractivity contribution in [3.05, 3.63) is 77.5 Å². The third-order valence-electron chi connectivity index (χ3n) is 8.60. The molecule has 0 saturated carbocycles. The second-order valence-corrected chi connectivity index (χ2v) is 12.3. The first kappa shape index (κ1) is 33.3. The minimum atomic E-state index is -0.980. The number of cyclic esters (lactones) is 1. The molecule has 0 fully saturated rings. The molecular formula is C35H44N4O6. The van der Waals surface area contributed by atoms with E-state index in [1.807, 2.05) is 57.3 Å². The van der Waals surface area contributed by atoms with Crippen molar-refractivity contribution in [3.8, 4) is 5.75 Å². The van der Waals surface area contributed by atoms with Crippen molar-refractivity contribution in [2.45, 2.75) is 78.1 Å². The molecule has 0 unspecified atom stereocenters. The molecule has 2 aromatic carbocycles. The summed E-state index contributed by atoms with van der Waals surface area (Å²) in [6.45, 7) is 9.10. The van der Waals surface area contributed by atoms with E-state index >= 15 is 0 Å². The number of benzene rings is 2. The van der Waals surface area contributed by atoms with Gasteiger partial charge in [0, 0.05) is 42.4 Å². The highest BCUT2D eigenvalue weighted by molar-refractivity contribution is 5.93. The van der Waals surface area contributed by atoms with Crippen LogP contribution in [0.1, 0.15) is 64.6 Å². The number of hydrogen-bond acceptors (Lipinski definition) is 6. The average molecular weight is 617 g/mol. The van der Waals surface area contributed by atoms with Gasteiger partial charge in [-0.25, -0.2) is 0 Å². The van der Waals surface area contributed by atoms with Crippen LogP contribution in [0.25, 0.3) is 10.9 Å². The van der Waals surface area contributed by atoms with Crippen LogP contribution in [0.3, 0.4) is 0 Å². The number of aromatic nitrogens is 1. The fraction of sp³-hybridized carbons (Fsp3) is 0.429. The standard InChI is InChI=1S/C35H44N4O6/c1-20-15-21(2)24(5)45-32(41)18-30(25-11-13-27(40)14-12-25)38-34(43)31(17-26-19-36-29-10-8-7-9-28(26)29)39(6)35(44)23(4)37-33(42)22(3)16-20/h7-15,19,21-24,30-31,36,40H,16-18H2,1-6H3,(H,37,42)(H,38,43)/b20-15-/t21-,22-,23+,24+,30+,31-/m0/s1. The number of ether oxygens (including phenoxy) is 1. The highest BCUT2D eigenvalue weighted by atomic mass is 16.5. The predicted molar refractivity (Wildman–Crippen MR) is 172 cm³/mol. The largest absolute Gasteiger partial charge is 0.508 e. The molecule has 0 spiro atoms. The van der Waals surface area contributed by atoms with E-state index in [1.54, 1.807) is 33.0 Å². The molecule has 0 aliphatic carbocycles. The first-order valence-electron chi connectivity index (χ1n) is 15.4. The van der Waals surface area contributed by atoms with Crippen molar-refractivity contribution in [2.75, 3.05) is 7.05 Å². The number of carbonyl (C=O) groups is 4. The van der Waals surface area contributed by atoms with E-state index in [9.17, 15) is 24.3 Å². The van der Waals surface area contributed by atoms with Crippen LogP contribution >= 0.6 is 0 Å². The number of amides is 3. The first-order valence-corrected chi connectivity index (χ1v) is 15.4. The quantitative estimate of drug-likeness (QED) is 0.251. The van der Waals surface area contributed by atoms with E-state index in [4.69, 9.17) is 4.74 Å². The fourth-order valence-electron chi connectivity index (χ4n) is 5.77. The molecule has 3 amide bonds. The number of allylic oxidation sites excluding steroid dienone is 1. The Morgan fingerprint density at radius 2 is 1.60 bits per heavy atom. The van der Waals surface area contributed by atoms with Gasteiger partial charge in [0.15, 0.2) is 0 Å². The molecule has 1 aliphatic heterocycles. The summed E-state index contributed by atoms with van der Waals surface area (Å²) < 4.78 is 5.80. The van der Waals surface area contributed by atoms with E-state index < -0.39 is 47.9 Å². The number of rotatable bonds is 3. The third kappa shape index (κ3) is 8.32. The predicted octanol–water partition coefficient (Wildman–Crippen LogP) is 4.55. The summed E-state index contributed by atoms with van der Waals surface area (Å²) in [5.74, 6) is -2.15. The van der Waals surface area contributed by atoms with Crippen LogP contribution in [0.2, 0.25) is 0 Å². The minimum absolute atomic E-state index is 0.0466. The Kier molecular flexibility index (Phi) is 10.7. The van der Waals surface area contributed by atoms with Gasteiger partial charge in [-0.05, 0) is 56.5 Å². The van der Waals surface area contributed by atoms with E-state index in [0.29, 0.717) is 12.0 Å². The summed E-state index contributed by atoms with van der Waals surface area (Å²) >= 11 is 0. The summed E-state index contributed by atoms with van der Waals surface area (Å²) in [7, 11) is 1.55. The molecule has 10 nitrogen and oxygen atoms in total. The lowest BCUT2D eigenvalue weighted by molar-refractivity contribution is -0.150. The molecule has 0 saturated heterocycles. The molecule has 4 rings (SSSR count). The summed E-state index contributed by atoms with van der Waals surface area (Å²) in [6.07, 6.45) is 3.86. The Balaban J connectivity index is 1.73. The van der Waals surface area contributed by atoms with Gasteiger partial charge in [0.05, 0.1) is 12.5 Å². The number of aromatic amines is 1. The minimum Gasteiger partial charge on any atom is -0.508 e. The van der Waals surface area contributed by atoms with Crippen molar-refractivity contribution in [3.63, 3.8) is 0 Å². The van der Waals surface area contributed by atoms with Gasteiger partial charge in [-0.2, -0.15) is 0 Å². The lowest BCUT2D eigenvalue weighted by atomic mass is 9.96. The van der Waals surface area contributed by atoms with Crippen molar-refractivity contribution in [2.24, 2.45) is 11.8 Å².